The maximum absolute atomic E-state index is 13.2. The van der Waals surface area contributed by atoms with Crippen molar-refractivity contribution in [1.29, 1.82) is 0 Å². The molecule has 3 aliphatic rings. The van der Waals surface area contributed by atoms with E-state index in [0.717, 1.165) is 23.1 Å². The lowest BCUT2D eigenvalue weighted by Gasteiger charge is -2.33. The first kappa shape index (κ1) is 29.5. The molecule has 0 radical (unpaired) electrons. The normalized spacial score (nSPS) is 20.6. The van der Waals surface area contributed by atoms with Gasteiger partial charge in [0, 0.05) is 43.2 Å². The lowest BCUT2D eigenvalue weighted by Crippen LogP contribution is -2.47. The first-order chi connectivity index (χ1) is 22.4. The van der Waals surface area contributed by atoms with Gasteiger partial charge in [0.1, 0.15) is 23.3 Å². The second-order valence-corrected chi connectivity index (χ2v) is 11.4. The molecule has 1 aromatic carbocycles. The highest BCUT2D eigenvalue weighted by atomic mass is 16.6. The molecule has 1 N–H and O–H groups in total. The molecular weight excluding hydrogens is 594 g/mol. The van der Waals surface area contributed by atoms with Crippen LogP contribution >= 0.6 is 0 Å². The van der Waals surface area contributed by atoms with Crippen LogP contribution in [0.3, 0.4) is 0 Å². The average Bonchev–Trinajstić information content (AvgIpc) is 3.41. The maximum atomic E-state index is 13.2. The molecule has 3 aromatic heterocycles. The Morgan fingerprint density at radius 3 is 2.63 bits per heavy atom. The summed E-state index contributed by atoms with van der Waals surface area (Å²) < 4.78 is 23.5. The molecule has 2 fully saturated rings. The first-order valence-corrected chi connectivity index (χ1v) is 15.1. The van der Waals surface area contributed by atoms with Crippen molar-refractivity contribution in [2.75, 3.05) is 37.2 Å². The Labute approximate surface area is 263 Å². The number of hydrogen-bond donors (Lipinski definition) is 1. The van der Waals surface area contributed by atoms with Gasteiger partial charge in [-0.25, -0.2) is 14.8 Å². The number of carbonyl (C=O) groups is 2. The summed E-state index contributed by atoms with van der Waals surface area (Å²) in [5, 5.41) is 4.27. The van der Waals surface area contributed by atoms with Crippen LogP contribution < -0.4 is 34.9 Å². The van der Waals surface area contributed by atoms with Crippen LogP contribution in [0.5, 0.6) is 17.5 Å². The van der Waals surface area contributed by atoms with Crippen molar-refractivity contribution >= 4 is 34.7 Å². The first-order valence-electron chi connectivity index (χ1n) is 15.1. The van der Waals surface area contributed by atoms with Crippen LogP contribution in [0, 0.1) is 0 Å². The number of hydrogen-bond acceptors (Lipinski definition) is 11. The molecule has 3 atom stereocenters. The summed E-state index contributed by atoms with van der Waals surface area (Å²) in [6.45, 7) is 1.13. The number of rotatable bonds is 9. The van der Waals surface area contributed by atoms with E-state index in [1.165, 1.54) is 13.2 Å². The Hall–Kier alpha value is -5.24. The smallest absolute Gasteiger partial charge is 0.416 e. The van der Waals surface area contributed by atoms with Crippen molar-refractivity contribution in [1.82, 2.24) is 24.8 Å². The van der Waals surface area contributed by atoms with Crippen LogP contribution in [0.2, 0.25) is 0 Å². The Bertz CT molecular complexity index is 1850. The molecule has 1 saturated carbocycles. The number of anilines is 2. The van der Waals surface area contributed by atoms with E-state index >= 15 is 0 Å². The zero-order valence-corrected chi connectivity index (χ0v) is 25.4. The Kier molecular flexibility index (Phi) is 7.86. The molecule has 46 heavy (non-hydrogen) atoms. The van der Waals surface area contributed by atoms with Crippen molar-refractivity contribution in [3.8, 4) is 17.5 Å². The van der Waals surface area contributed by atoms with Crippen molar-refractivity contribution < 1.29 is 28.5 Å². The molecule has 14 heteroatoms. The quantitative estimate of drug-likeness (QED) is 0.292. The van der Waals surface area contributed by atoms with E-state index in [1.54, 1.807) is 45.9 Å². The van der Waals surface area contributed by atoms with Gasteiger partial charge in [0.05, 0.1) is 26.8 Å². The molecule has 1 aliphatic carbocycles. The molecule has 7 rings (SSSR count). The number of amides is 2. The van der Waals surface area contributed by atoms with Gasteiger partial charge in [0.15, 0.2) is 18.2 Å². The van der Waals surface area contributed by atoms with Gasteiger partial charge in [-0.3, -0.25) is 24.0 Å². The lowest BCUT2D eigenvalue weighted by molar-refractivity contribution is -0.121. The summed E-state index contributed by atoms with van der Waals surface area (Å²) >= 11 is 0. The minimum absolute atomic E-state index is 0.0892. The van der Waals surface area contributed by atoms with Crippen LogP contribution in [0.1, 0.15) is 24.8 Å². The summed E-state index contributed by atoms with van der Waals surface area (Å²) in [6, 6.07) is 14.2. The standard InChI is InChI=1S/C32H33N7O7/c1-43-22-7-3-19(4-8-22)17-38-28(41)18-45-24-10-11-26(35-30(24)38)39-23-9-6-21(15-25(23)46-32(39)42)33-13-14-37-27(40)12-5-20-16-34-31(44-2)36-29(20)37/h3-5,7-8,10-12,16,21,23,25,33H,6,9,13-15,17-18H2,1-2H3/t21-,23-,25+/m0/s1. The van der Waals surface area contributed by atoms with E-state index in [0.29, 0.717) is 55.5 Å². The monoisotopic (exact) mass is 627 g/mol. The molecule has 14 nitrogen and oxygen atoms in total. The molecule has 4 aromatic rings. The number of carbonyl (C=O) groups excluding carboxylic acids is 2. The van der Waals surface area contributed by atoms with Gasteiger partial charge < -0.3 is 24.3 Å². The van der Waals surface area contributed by atoms with Crippen LogP contribution in [0.4, 0.5) is 16.4 Å². The molecule has 0 spiro atoms. The molecule has 2 aliphatic heterocycles. The van der Waals surface area contributed by atoms with Gasteiger partial charge in [-0.2, -0.15) is 4.98 Å². The number of nitrogens with zero attached hydrogens (tertiary/aromatic N) is 6. The Morgan fingerprint density at radius 1 is 0.978 bits per heavy atom. The fraction of sp³-hybridized carbons (Fsp3) is 0.375. The number of benzene rings is 1. The zero-order chi connectivity index (χ0) is 31.8. The highest BCUT2D eigenvalue weighted by molar-refractivity contribution is 5.97. The summed E-state index contributed by atoms with van der Waals surface area (Å²) in [6.07, 6.45) is 2.93. The molecule has 2 amide bonds. The van der Waals surface area contributed by atoms with Gasteiger partial charge in [0.2, 0.25) is 0 Å². The van der Waals surface area contributed by atoms with Gasteiger partial charge in [-0.05, 0) is 48.7 Å². The van der Waals surface area contributed by atoms with Gasteiger partial charge >= 0.3 is 12.1 Å². The minimum atomic E-state index is -0.469. The number of nitrogens with one attached hydrogen (secondary N) is 1. The topological polar surface area (TPSA) is 150 Å². The zero-order valence-electron chi connectivity index (χ0n) is 25.4. The number of pyridine rings is 2. The van der Waals surface area contributed by atoms with E-state index < -0.39 is 6.09 Å². The molecule has 5 heterocycles. The van der Waals surface area contributed by atoms with Crippen molar-refractivity contribution in [2.24, 2.45) is 0 Å². The number of ether oxygens (including phenoxy) is 4. The van der Waals surface area contributed by atoms with Crippen LogP contribution in [0.15, 0.2) is 59.5 Å². The highest BCUT2D eigenvalue weighted by Crippen LogP contribution is 2.39. The lowest BCUT2D eigenvalue weighted by atomic mass is 9.88. The molecule has 0 unspecified atom stereocenters. The average molecular weight is 628 g/mol. The third kappa shape index (κ3) is 5.55. The molecular formula is C32H33N7O7. The molecule has 238 valence electrons. The highest BCUT2D eigenvalue weighted by Gasteiger charge is 2.47. The van der Waals surface area contributed by atoms with Gasteiger partial charge in [-0.15, -0.1) is 0 Å². The number of aromatic nitrogens is 4. The third-order valence-electron chi connectivity index (χ3n) is 8.67. The Morgan fingerprint density at radius 2 is 1.83 bits per heavy atom. The second-order valence-electron chi connectivity index (χ2n) is 11.4. The summed E-state index contributed by atoms with van der Waals surface area (Å²) in [7, 11) is 3.08. The van der Waals surface area contributed by atoms with E-state index in [1.807, 2.05) is 24.3 Å². The largest absolute Gasteiger partial charge is 0.497 e. The van der Waals surface area contributed by atoms with Gasteiger partial charge in [-0.1, -0.05) is 12.1 Å². The molecule has 0 bridgehead atoms. The van der Waals surface area contributed by atoms with E-state index in [4.69, 9.17) is 23.9 Å². The minimum Gasteiger partial charge on any atom is -0.497 e. The number of methoxy groups -OCH3 is 2. The SMILES string of the molecule is COc1ccc(CN2C(=O)COc3ccc(N4C(=O)O[C@@H]5C[C@@H](NCCn6c(=O)ccc7cnc(OC)nc76)CC[C@@H]54)nc32)cc1. The molecule has 1 saturated heterocycles. The number of fused-ring (bicyclic) bond motifs is 3. The fourth-order valence-corrected chi connectivity index (χ4v) is 6.33. The van der Waals surface area contributed by atoms with E-state index in [9.17, 15) is 14.4 Å². The van der Waals surface area contributed by atoms with Crippen LogP contribution in [-0.4, -0.2) is 77.1 Å². The van der Waals surface area contributed by atoms with E-state index in [-0.39, 0.29) is 42.3 Å². The van der Waals surface area contributed by atoms with Gasteiger partial charge in [0.25, 0.3) is 11.5 Å². The maximum Gasteiger partial charge on any atom is 0.416 e. The summed E-state index contributed by atoms with van der Waals surface area (Å²) in [5.41, 5.74) is 1.25. The van der Waals surface area contributed by atoms with Crippen molar-refractivity contribution in [3.63, 3.8) is 0 Å². The predicted molar refractivity (Wildman–Crippen MR) is 166 cm³/mol. The van der Waals surface area contributed by atoms with Crippen LogP contribution in [-0.2, 0) is 22.6 Å². The summed E-state index contributed by atoms with van der Waals surface area (Å²) in [5.74, 6) is 1.75. The summed E-state index contributed by atoms with van der Waals surface area (Å²) in [4.78, 5) is 55.2. The fourth-order valence-electron chi connectivity index (χ4n) is 6.33. The van der Waals surface area contributed by atoms with E-state index in [2.05, 4.69) is 15.3 Å². The Balaban J connectivity index is 1.03. The van der Waals surface area contributed by atoms with Crippen molar-refractivity contribution in [2.45, 2.75) is 50.5 Å². The predicted octanol–water partition coefficient (Wildman–Crippen LogP) is 2.67. The third-order valence-corrected chi connectivity index (χ3v) is 8.67. The van der Waals surface area contributed by atoms with Crippen LogP contribution in [0.25, 0.3) is 11.0 Å². The van der Waals surface area contributed by atoms with Crippen molar-refractivity contribution in [3.05, 3.63) is 70.6 Å². The second kappa shape index (κ2) is 12.3.